The van der Waals surface area contributed by atoms with E-state index in [0.717, 1.165) is 11.6 Å². The van der Waals surface area contributed by atoms with Crippen molar-refractivity contribution in [2.45, 2.75) is 18.7 Å². The second-order valence-electron chi connectivity index (χ2n) is 4.44. The first-order valence-corrected chi connectivity index (χ1v) is 7.22. The van der Waals surface area contributed by atoms with Crippen molar-refractivity contribution in [1.82, 2.24) is 0 Å². The molecule has 3 nitrogen and oxygen atoms in total. The molecule has 19 heavy (non-hydrogen) atoms. The molecule has 0 unspecified atom stereocenters. The van der Waals surface area contributed by atoms with Crippen LogP contribution in [-0.4, -0.2) is 8.42 Å². The topological polar surface area (TPSA) is 46.2 Å². The molecular weight excluding hydrogens is 265 g/mol. The zero-order chi connectivity index (χ0) is 14.0. The van der Waals surface area contributed by atoms with Crippen molar-refractivity contribution in [3.8, 4) is 0 Å². The normalized spacial score (nSPS) is 11.3. The summed E-state index contributed by atoms with van der Waals surface area (Å²) < 4.78 is 39.8. The summed E-state index contributed by atoms with van der Waals surface area (Å²) in [5.74, 6) is -0.471. The van der Waals surface area contributed by atoms with Crippen LogP contribution >= 0.6 is 0 Å². The van der Waals surface area contributed by atoms with E-state index >= 15 is 0 Å². The number of aryl methyl sites for hydroxylation is 2. The van der Waals surface area contributed by atoms with Gasteiger partial charge in [-0.2, -0.15) is 0 Å². The van der Waals surface area contributed by atoms with E-state index < -0.39 is 15.8 Å². The highest BCUT2D eigenvalue weighted by molar-refractivity contribution is 7.92. The Morgan fingerprint density at radius 2 is 1.58 bits per heavy atom. The van der Waals surface area contributed by atoms with E-state index in [1.807, 2.05) is 6.92 Å². The lowest BCUT2D eigenvalue weighted by atomic mass is 10.2. The molecule has 0 aromatic heterocycles. The van der Waals surface area contributed by atoms with Crippen LogP contribution in [0.2, 0.25) is 0 Å². The predicted molar refractivity (Wildman–Crippen MR) is 73.1 cm³/mol. The number of sulfonamides is 1. The average molecular weight is 279 g/mol. The van der Waals surface area contributed by atoms with Gasteiger partial charge in [-0.1, -0.05) is 17.7 Å². The van der Waals surface area contributed by atoms with Crippen molar-refractivity contribution < 1.29 is 12.8 Å². The fraction of sp³-hybridized carbons (Fsp3) is 0.143. The van der Waals surface area contributed by atoms with E-state index in [2.05, 4.69) is 4.72 Å². The molecule has 0 aliphatic heterocycles. The minimum atomic E-state index is -3.68. The quantitative estimate of drug-likeness (QED) is 0.937. The van der Waals surface area contributed by atoms with Crippen molar-refractivity contribution in [2.75, 3.05) is 4.72 Å². The van der Waals surface area contributed by atoms with E-state index in [9.17, 15) is 12.8 Å². The third kappa shape index (κ3) is 3.32. The highest BCUT2D eigenvalue weighted by atomic mass is 32.2. The summed E-state index contributed by atoms with van der Waals surface area (Å²) in [6.07, 6.45) is 0. The van der Waals surface area contributed by atoms with Crippen LogP contribution in [0.1, 0.15) is 11.1 Å². The predicted octanol–water partition coefficient (Wildman–Crippen LogP) is 3.24. The zero-order valence-corrected chi connectivity index (χ0v) is 11.5. The molecule has 0 radical (unpaired) electrons. The van der Waals surface area contributed by atoms with E-state index in [1.54, 1.807) is 25.1 Å². The molecule has 2 rings (SSSR count). The van der Waals surface area contributed by atoms with Gasteiger partial charge in [0.15, 0.2) is 0 Å². The molecular formula is C14H14FNO2S. The van der Waals surface area contributed by atoms with Gasteiger partial charge >= 0.3 is 0 Å². The standard InChI is InChI=1S/C14H14FNO2S/c1-10-3-5-14(6-4-10)19(17,18)16-13-8-11(2)7-12(15)9-13/h3-9,16H,1-2H3. The number of nitrogens with one attached hydrogen (secondary N) is 1. The molecule has 0 saturated carbocycles. The molecule has 0 heterocycles. The smallest absolute Gasteiger partial charge is 0.261 e. The van der Waals surface area contributed by atoms with Crippen LogP contribution in [0.3, 0.4) is 0 Å². The first kappa shape index (κ1) is 13.5. The van der Waals surface area contributed by atoms with Gasteiger partial charge < -0.3 is 0 Å². The van der Waals surface area contributed by atoms with Gasteiger partial charge in [-0.05, 0) is 49.7 Å². The fourth-order valence-corrected chi connectivity index (χ4v) is 2.77. The molecule has 0 amide bonds. The molecule has 0 bridgehead atoms. The zero-order valence-electron chi connectivity index (χ0n) is 10.6. The number of benzene rings is 2. The molecule has 0 aliphatic carbocycles. The van der Waals surface area contributed by atoms with Crippen LogP contribution < -0.4 is 4.72 Å². The van der Waals surface area contributed by atoms with Crippen LogP contribution in [0.15, 0.2) is 47.4 Å². The van der Waals surface area contributed by atoms with E-state index in [1.165, 1.54) is 18.2 Å². The number of hydrogen-bond donors (Lipinski definition) is 1. The second-order valence-corrected chi connectivity index (χ2v) is 6.12. The summed E-state index contributed by atoms with van der Waals surface area (Å²) in [5.41, 5.74) is 1.85. The van der Waals surface area contributed by atoms with Gasteiger partial charge in [0.25, 0.3) is 10.0 Å². The Bertz CT molecular complexity index is 674. The Morgan fingerprint density at radius 3 is 2.16 bits per heavy atom. The lowest BCUT2D eigenvalue weighted by Crippen LogP contribution is -2.13. The average Bonchev–Trinajstić information content (AvgIpc) is 2.27. The van der Waals surface area contributed by atoms with E-state index in [0.29, 0.717) is 5.56 Å². The van der Waals surface area contributed by atoms with Crippen LogP contribution in [-0.2, 0) is 10.0 Å². The Hall–Kier alpha value is -1.88. The van der Waals surface area contributed by atoms with Gasteiger partial charge in [-0.15, -0.1) is 0 Å². The monoisotopic (exact) mass is 279 g/mol. The lowest BCUT2D eigenvalue weighted by molar-refractivity contribution is 0.601. The summed E-state index contributed by atoms with van der Waals surface area (Å²) >= 11 is 0. The van der Waals surface area contributed by atoms with Crippen LogP contribution in [0.4, 0.5) is 10.1 Å². The minimum Gasteiger partial charge on any atom is -0.280 e. The summed E-state index contributed by atoms with van der Waals surface area (Å²) in [7, 11) is -3.68. The first-order valence-electron chi connectivity index (χ1n) is 5.73. The van der Waals surface area contributed by atoms with Gasteiger partial charge in [-0.3, -0.25) is 4.72 Å². The summed E-state index contributed by atoms with van der Waals surface area (Å²) in [6.45, 7) is 3.58. The summed E-state index contributed by atoms with van der Waals surface area (Å²) in [5, 5.41) is 0. The number of rotatable bonds is 3. The van der Waals surface area contributed by atoms with Crippen molar-refractivity contribution >= 4 is 15.7 Å². The molecule has 2 aromatic carbocycles. The maximum absolute atomic E-state index is 13.2. The second kappa shape index (κ2) is 5.01. The highest BCUT2D eigenvalue weighted by Crippen LogP contribution is 2.18. The maximum Gasteiger partial charge on any atom is 0.261 e. The third-order valence-electron chi connectivity index (χ3n) is 2.63. The molecule has 0 spiro atoms. The van der Waals surface area contributed by atoms with Crippen molar-refractivity contribution in [2.24, 2.45) is 0 Å². The van der Waals surface area contributed by atoms with Gasteiger partial charge in [0.1, 0.15) is 5.82 Å². The van der Waals surface area contributed by atoms with Crippen LogP contribution in [0.5, 0.6) is 0 Å². The SMILES string of the molecule is Cc1ccc(S(=O)(=O)Nc2cc(C)cc(F)c2)cc1. The van der Waals surface area contributed by atoms with Gasteiger partial charge in [0, 0.05) is 0 Å². The van der Waals surface area contributed by atoms with Crippen molar-refractivity contribution in [3.63, 3.8) is 0 Å². The van der Waals surface area contributed by atoms with Gasteiger partial charge in [0.05, 0.1) is 10.6 Å². The summed E-state index contributed by atoms with van der Waals surface area (Å²) in [6, 6.07) is 10.5. The van der Waals surface area contributed by atoms with Crippen LogP contribution in [0.25, 0.3) is 0 Å². The molecule has 0 saturated heterocycles. The molecule has 2 aromatic rings. The first-order chi connectivity index (χ1) is 8.87. The summed E-state index contributed by atoms with van der Waals surface area (Å²) in [4.78, 5) is 0.153. The lowest BCUT2D eigenvalue weighted by Gasteiger charge is -2.09. The third-order valence-corrected chi connectivity index (χ3v) is 4.02. The van der Waals surface area contributed by atoms with Crippen molar-refractivity contribution in [3.05, 3.63) is 59.4 Å². The van der Waals surface area contributed by atoms with Gasteiger partial charge in [-0.25, -0.2) is 12.8 Å². The molecule has 0 aliphatic rings. The van der Waals surface area contributed by atoms with E-state index in [4.69, 9.17) is 0 Å². The molecule has 0 atom stereocenters. The Balaban J connectivity index is 2.33. The van der Waals surface area contributed by atoms with Crippen molar-refractivity contribution in [1.29, 1.82) is 0 Å². The highest BCUT2D eigenvalue weighted by Gasteiger charge is 2.14. The molecule has 0 fully saturated rings. The number of hydrogen-bond acceptors (Lipinski definition) is 2. The Labute approximate surface area is 112 Å². The number of halogens is 1. The minimum absolute atomic E-state index is 0.153. The molecule has 5 heteroatoms. The largest absolute Gasteiger partial charge is 0.280 e. The van der Waals surface area contributed by atoms with Gasteiger partial charge in [0.2, 0.25) is 0 Å². The Morgan fingerprint density at radius 1 is 0.947 bits per heavy atom. The van der Waals surface area contributed by atoms with E-state index in [-0.39, 0.29) is 10.6 Å². The number of anilines is 1. The fourth-order valence-electron chi connectivity index (χ4n) is 1.73. The van der Waals surface area contributed by atoms with Crippen LogP contribution in [0, 0.1) is 19.7 Å². The molecule has 1 N–H and O–H groups in total. The molecule has 100 valence electrons. The maximum atomic E-state index is 13.2. The Kier molecular flexibility index (Phi) is 3.57.